The van der Waals surface area contributed by atoms with Crippen molar-refractivity contribution in [3.8, 4) is 0 Å². The number of carbonyl (C=O) groups excluding carboxylic acids is 2. The van der Waals surface area contributed by atoms with Gasteiger partial charge in [-0.2, -0.15) is 0 Å². The maximum atomic E-state index is 12.1. The van der Waals surface area contributed by atoms with Crippen LogP contribution >= 0.6 is 23.2 Å². The van der Waals surface area contributed by atoms with Gasteiger partial charge in [0.15, 0.2) is 6.61 Å². The molecule has 8 heteroatoms. The number of ketones is 1. The van der Waals surface area contributed by atoms with Gasteiger partial charge in [0, 0.05) is 10.6 Å². The predicted molar refractivity (Wildman–Crippen MR) is 89.3 cm³/mol. The van der Waals surface area contributed by atoms with E-state index in [4.69, 9.17) is 27.9 Å². The summed E-state index contributed by atoms with van der Waals surface area (Å²) in [5.41, 5.74) is 1.59. The van der Waals surface area contributed by atoms with E-state index >= 15 is 0 Å². The third kappa shape index (κ3) is 3.55. The number of carbonyl (C=O) groups is 2. The average Bonchev–Trinajstić information content (AvgIpc) is 2.98. The van der Waals surface area contributed by atoms with E-state index in [-0.39, 0.29) is 17.1 Å². The lowest BCUT2D eigenvalue weighted by Crippen LogP contribution is -2.19. The number of Topliss-reactive ketones (excluding diaryl/α,β-unsaturated/α-hetero) is 1. The maximum absolute atomic E-state index is 12.1. The lowest BCUT2D eigenvalue weighted by Gasteiger charge is -2.06. The van der Waals surface area contributed by atoms with Gasteiger partial charge < -0.3 is 4.74 Å². The van der Waals surface area contributed by atoms with Crippen LogP contribution < -0.4 is 0 Å². The highest BCUT2D eigenvalue weighted by Crippen LogP contribution is 2.21. The second-order valence-electron chi connectivity index (χ2n) is 4.94. The molecule has 0 radical (unpaired) electrons. The molecule has 1 heterocycles. The molecule has 0 bridgehead atoms. The molecule has 3 rings (SSSR count). The number of nitrogens with zero attached hydrogens (tertiary/aromatic N) is 3. The first kappa shape index (κ1) is 16.4. The standard InChI is InChI=1S/C16H11Cl2N3O3/c17-10-5-6-12(18)11(7-10)15(22)9-24-16(23)8-21-14-4-2-1-3-13(14)19-20-21/h1-7H,8-9H2. The first-order valence-corrected chi connectivity index (χ1v) is 7.72. The Labute approximate surface area is 146 Å². The molecule has 0 saturated carbocycles. The van der Waals surface area contributed by atoms with Crippen LogP contribution in [0.15, 0.2) is 42.5 Å². The third-order valence-corrected chi connectivity index (χ3v) is 3.86. The second-order valence-corrected chi connectivity index (χ2v) is 5.79. The molecule has 6 nitrogen and oxygen atoms in total. The van der Waals surface area contributed by atoms with E-state index in [1.165, 1.54) is 16.8 Å². The summed E-state index contributed by atoms with van der Waals surface area (Å²) in [6.07, 6.45) is 0. The van der Waals surface area contributed by atoms with Crippen molar-refractivity contribution in [1.29, 1.82) is 0 Å². The van der Waals surface area contributed by atoms with Gasteiger partial charge in [-0.25, -0.2) is 4.68 Å². The fourth-order valence-electron chi connectivity index (χ4n) is 2.14. The van der Waals surface area contributed by atoms with Gasteiger partial charge in [0.2, 0.25) is 5.78 Å². The molecular weight excluding hydrogens is 353 g/mol. The molecule has 24 heavy (non-hydrogen) atoms. The first-order chi connectivity index (χ1) is 11.5. The number of hydrogen-bond acceptors (Lipinski definition) is 5. The predicted octanol–water partition coefficient (Wildman–Crippen LogP) is 3.16. The summed E-state index contributed by atoms with van der Waals surface area (Å²) < 4.78 is 6.41. The number of benzene rings is 2. The molecule has 2 aromatic carbocycles. The van der Waals surface area contributed by atoms with E-state index in [2.05, 4.69) is 10.3 Å². The highest BCUT2D eigenvalue weighted by atomic mass is 35.5. The van der Waals surface area contributed by atoms with Crippen LogP contribution in [0.2, 0.25) is 10.0 Å². The number of aromatic nitrogens is 3. The Hall–Kier alpha value is -2.44. The Bertz CT molecular complexity index is 924. The van der Waals surface area contributed by atoms with Crippen LogP contribution in [0.25, 0.3) is 11.0 Å². The highest BCUT2D eigenvalue weighted by Gasteiger charge is 2.15. The van der Waals surface area contributed by atoms with Crippen LogP contribution in [-0.4, -0.2) is 33.4 Å². The van der Waals surface area contributed by atoms with Crippen molar-refractivity contribution in [3.05, 3.63) is 58.1 Å². The first-order valence-electron chi connectivity index (χ1n) is 6.96. The van der Waals surface area contributed by atoms with Gasteiger partial charge in [-0.1, -0.05) is 40.5 Å². The number of halogens is 2. The Morgan fingerprint density at radius 2 is 1.92 bits per heavy atom. The monoisotopic (exact) mass is 363 g/mol. The van der Waals surface area contributed by atoms with Crippen molar-refractivity contribution in [1.82, 2.24) is 15.0 Å². The molecule has 0 aliphatic rings. The van der Waals surface area contributed by atoms with Gasteiger partial charge in [0.05, 0.1) is 10.5 Å². The summed E-state index contributed by atoms with van der Waals surface area (Å²) in [5, 5.41) is 8.46. The van der Waals surface area contributed by atoms with Crippen LogP contribution in [0.4, 0.5) is 0 Å². The molecule has 0 atom stereocenters. The summed E-state index contributed by atoms with van der Waals surface area (Å²) in [6, 6.07) is 11.7. The lowest BCUT2D eigenvalue weighted by atomic mass is 10.1. The minimum Gasteiger partial charge on any atom is -0.456 e. The Kier molecular flexibility index (Phi) is 4.78. The van der Waals surface area contributed by atoms with Gasteiger partial charge in [0.25, 0.3) is 0 Å². The van der Waals surface area contributed by atoms with Gasteiger partial charge in [-0.05, 0) is 30.3 Å². The normalized spacial score (nSPS) is 10.8. The van der Waals surface area contributed by atoms with E-state index in [9.17, 15) is 9.59 Å². The Balaban J connectivity index is 1.63. The Morgan fingerprint density at radius 3 is 2.75 bits per heavy atom. The van der Waals surface area contributed by atoms with Crippen molar-refractivity contribution in [3.63, 3.8) is 0 Å². The Morgan fingerprint density at radius 1 is 1.12 bits per heavy atom. The van der Waals surface area contributed by atoms with Crippen LogP contribution in [0, 0.1) is 0 Å². The van der Waals surface area contributed by atoms with E-state index in [1.54, 1.807) is 18.2 Å². The van der Waals surface area contributed by atoms with Crippen LogP contribution in [-0.2, 0) is 16.1 Å². The van der Waals surface area contributed by atoms with E-state index in [0.29, 0.717) is 16.1 Å². The largest absolute Gasteiger partial charge is 0.456 e. The summed E-state index contributed by atoms with van der Waals surface area (Å²) >= 11 is 11.8. The molecule has 0 saturated heterocycles. The molecule has 0 aliphatic heterocycles. The topological polar surface area (TPSA) is 74.1 Å². The van der Waals surface area contributed by atoms with Gasteiger partial charge in [-0.3, -0.25) is 9.59 Å². The fourth-order valence-corrected chi connectivity index (χ4v) is 2.53. The number of ether oxygens (including phenoxy) is 1. The van der Waals surface area contributed by atoms with Crippen LogP contribution in [0.3, 0.4) is 0 Å². The van der Waals surface area contributed by atoms with Crippen molar-refractivity contribution < 1.29 is 14.3 Å². The minimum absolute atomic E-state index is 0.142. The second kappa shape index (κ2) is 6.98. The van der Waals surface area contributed by atoms with Crippen molar-refractivity contribution >= 4 is 46.0 Å². The number of esters is 1. The zero-order valence-electron chi connectivity index (χ0n) is 12.3. The molecule has 1 aromatic heterocycles. The molecule has 0 spiro atoms. The number of hydrogen-bond donors (Lipinski definition) is 0. The maximum Gasteiger partial charge on any atom is 0.328 e. The summed E-state index contributed by atoms with van der Waals surface area (Å²) in [6.45, 7) is -0.567. The van der Waals surface area contributed by atoms with E-state index in [0.717, 1.165) is 0 Å². The summed E-state index contributed by atoms with van der Waals surface area (Å²) in [7, 11) is 0. The quantitative estimate of drug-likeness (QED) is 0.514. The molecule has 0 N–H and O–H groups in total. The van der Waals surface area contributed by atoms with E-state index in [1.807, 2.05) is 12.1 Å². The van der Waals surface area contributed by atoms with Crippen LogP contribution in [0.1, 0.15) is 10.4 Å². The highest BCUT2D eigenvalue weighted by molar-refractivity contribution is 6.36. The molecule has 0 fully saturated rings. The SMILES string of the molecule is O=C(Cn1nnc2ccccc21)OCC(=O)c1cc(Cl)ccc1Cl. The summed E-state index contributed by atoms with van der Waals surface area (Å²) in [4.78, 5) is 24.0. The zero-order chi connectivity index (χ0) is 17.1. The van der Waals surface area contributed by atoms with E-state index < -0.39 is 18.4 Å². The summed E-state index contributed by atoms with van der Waals surface area (Å²) in [5.74, 6) is -1.03. The van der Waals surface area contributed by atoms with Crippen LogP contribution in [0.5, 0.6) is 0 Å². The smallest absolute Gasteiger partial charge is 0.328 e. The van der Waals surface area contributed by atoms with Crippen molar-refractivity contribution in [2.24, 2.45) is 0 Å². The number of fused-ring (bicyclic) bond motifs is 1. The molecule has 0 aliphatic carbocycles. The molecule has 122 valence electrons. The fraction of sp³-hybridized carbons (Fsp3) is 0.125. The van der Waals surface area contributed by atoms with Gasteiger partial charge in [0.1, 0.15) is 12.1 Å². The third-order valence-electron chi connectivity index (χ3n) is 3.29. The number of para-hydroxylation sites is 1. The molecule has 0 amide bonds. The van der Waals surface area contributed by atoms with Gasteiger partial charge in [-0.15, -0.1) is 5.10 Å². The van der Waals surface area contributed by atoms with Gasteiger partial charge >= 0.3 is 5.97 Å². The molecular formula is C16H11Cl2N3O3. The molecule has 3 aromatic rings. The lowest BCUT2D eigenvalue weighted by molar-refractivity contribution is -0.143. The van der Waals surface area contributed by atoms with Crippen molar-refractivity contribution in [2.75, 3.05) is 6.61 Å². The minimum atomic E-state index is -0.600. The molecule has 0 unspecified atom stereocenters. The van der Waals surface area contributed by atoms with Crippen molar-refractivity contribution in [2.45, 2.75) is 6.54 Å². The average molecular weight is 364 g/mol. The zero-order valence-corrected chi connectivity index (χ0v) is 13.8. The number of rotatable bonds is 5.